The normalized spacial score (nSPS) is 12.2. The van der Waals surface area contributed by atoms with Crippen LogP contribution < -0.4 is 11.1 Å². The van der Waals surface area contributed by atoms with Crippen LogP contribution in [-0.2, 0) is 4.74 Å². The Bertz CT molecular complexity index is 398. The van der Waals surface area contributed by atoms with Crippen LogP contribution in [0.4, 0.5) is 5.69 Å². The van der Waals surface area contributed by atoms with Gasteiger partial charge in [-0.15, -0.1) is 0 Å². The topological polar surface area (TPSA) is 47.3 Å². The zero-order valence-electron chi connectivity index (χ0n) is 10.00. The van der Waals surface area contributed by atoms with Gasteiger partial charge in [0.15, 0.2) is 0 Å². The van der Waals surface area contributed by atoms with Crippen LogP contribution in [0.2, 0.25) is 0 Å². The Morgan fingerprint density at radius 2 is 2.29 bits per heavy atom. The lowest BCUT2D eigenvalue weighted by Gasteiger charge is -2.18. The first-order chi connectivity index (χ1) is 8.04. The molecule has 3 N–H and O–H groups in total. The first kappa shape index (κ1) is 14.4. The van der Waals surface area contributed by atoms with E-state index in [9.17, 15) is 0 Å². The second-order valence-electron chi connectivity index (χ2n) is 3.76. The van der Waals surface area contributed by atoms with Crippen LogP contribution in [0.15, 0.2) is 22.7 Å². The van der Waals surface area contributed by atoms with Gasteiger partial charge < -0.3 is 15.8 Å². The highest BCUT2D eigenvalue weighted by Crippen LogP contribution is 2.22. The fourth-order valence-electron chi connectivity index (χ4n) is 1.45. The molecule has 17 heavy (non-hydrogen) atoms. The van der Waals surface area contributed by atoms with Gasteiger partial charge in [0.25, 0.3) is 0 Å². The Morgan fingerprint density at radius 1 is 1.59 bits per heavy atom. The van der Waals surface area contributed by atoms with Gasteiger partial charge >= 0.3 is 0 Å². The molecule has 0 aromatic heterocycles. The van der Waals surface area contributed by atoms with E-state index < -0.39 is 0 Å². The van der Waals surface area contributed by atoms with E-state index in [1.165, 1.54) is 0 Å². The van der Waals surface area contributed by atoms with Gasteiger partial charge in [0.2, 0.25) is 0 Å². The summed E-state index contributed by atoms with van der Waals surface area (Å²) in [5.74, 6) is 0. The van der Waals surface area contributed by atoms with E-state index in [2.05, 4.69) is 28.2 Å². The average molecular weight is 317 g/mol. The number of hydrogen-bond acceptors (Lipinski definition) is 3. The number of hydrogen-bond donors (Lipinski definition) is 2. The number of nitrogens with one attached hydrogen (secondary N) is 1. The van der Waals surface area contributed by atoms with Gasteiger partial charge in [0.05, 0.1) is 6.61 Å². The first-order valence-corrected chi connectivity index (χ1v) is 6.68. The fourth-order valence-corrected chi connectivity index (χ4v) is 1.99. The molecule has 0 aliphatic heterocycles. The zero-order valence-corrected chi connectivity index (χ0v) is 12.4. The fraction of sp³-hybridized carbons (Fsp3) is 0.417. The van der Waals surface area contributed by atoms with Crippen LogP contribution in [0.1, 0.15) is 19.4 Å². The van der Waals surface area contributed by atoms with Gasteiger partial charge in [-0.1, -0.05) is 28.1 Å². The summed E-state index contributed by atoms with van der Waals surface area (Å²) in [7, 11) is 0. The van der Waals surface area contributed by atoms with Crippen molar-refractivity contribution in [3.63, 3.8) is 0 Å². The molecule has 0 saturated carbocycles. The number of anilines is 1. The molecule has 0 radical (unpaired) electrons. The molecule has 3 nitrogen and oxygen atoms in total. The summed E-state index contributed by atoms with van der Waals surface area (Å²) in [6.07, 6.45) is 0. The maximum Gasteiger partial charge on any atom is 0.106 e. The molecule has 0 saturated heterocycles. The highest BCUT2D eigenvalue weighted by Gasteiger charge is 2.09. The Morgan fingerprint density at radius 3 is 2.88 bits per heavy atom. The standard InChI is InChI=1S/C12H17BrN2OS/c1-3-16-7-8(2)15-11-6-9(13)4-5-10(11)12(14)17/h4-6,8,15H,3,7H2,1-2H3,(H2,14,17). The molecule has 1 aromatic carbocycles. The third-order valence-electron chi connectivity index (χ3n) is 2.22. The number of ether oxygens (including phenoxy) is 1. The number of nitrogens with two attached hydrogens (primary N) is 1. The number of rotatable bonds is 6. The quantitative estimate of drug-likeness (QED) is 0.792. The Balaban J connectivity index is 2.81. The number of benzene rings is 1. The van der Waals surface area contributed by atoms with Gasteiger partial charge in [-0.3, -0.25) is 0 Å². The molecule has 1 atom stereocenters. The predicted octanol–water partition coefficient (Wildman–Crippen LogP) is 2.92. The van der Waals surface area contributed by atoms with Gasteiger partial charge in [-0.25, -0.2) is 0 Å². The molecule has 0 bridgehead atoms. The predicted molar refractivity (Wildman–Crippen MR) is 79.6 cm³/mol. The molecule has 0 aliphatic rings. The van der Waals surface area contributed by atoms with E-state index in [1.807, 2.05) is 25.1 Å². The summed E-state index contributed by atoms with van der Waals surface area (Å²) >= 11 is 8.46. The molecule has 0 heterocycles. The Hall–Kier alpha value is -0.650. The second-order valence-corrected chi connectivity index (χ2v) is 5.11. The highest BCUT2D eigenvalue weighted by atomic mass is 79.9. The summed E-state index contributed by atoms with van der Waals surface area (Å²) in [4.78, 5) is 0.392. The minimum Gasteiger partial charge on any atom is -0.389 e. The van der Waals surface area contributed by atoms with Crippen LogP contribution in [0.25, 0.3) is 0 Å². The van der Waals surface area contributed by atoms with Crippen LogP contribution in [0.5, 0.6) is 0 Å². The van der Waals surface area contributed by atoms with E-state index in [0.717, 1.165) is 15.7 Å². The van der Waals surface area contributed by atoms with E-state index in [-0.39, 0.29) is 6.04 Å². The van der Waals surface area contributed by atoms with Crippen LogP contribution in [0.3, 0.4) is 0 Å². The maximum absolute atomic E-state index is 5.69. The third-order valence-corrected chi connectivity index (χ3v) is 2.93. The molecular weight excluding hydrogens is 300 g/mol. The minimum atomic E-state index is 0.206. The molecular formula is C12H17BrN2OS. The van der Waals surface area contributed by atoms with Crippen molar-refractivity contribution < 1.29 is 4.74 Å². The molecule has 1 unspecified atom stereocenters. The van der Waals surface area contributed by atoms with Gasteiger partial charge in [0.1, 0.15) is 4.99 Å². The molecule has 1 rings (SSSR count). The van der Waals surface area contributed by atoms with Crippen molar-refractivity contribution in [3.05, 3.63) is 28.2 Å². The number of thiocarbonyl (C=S) groups is 1. The molecule has 0 aliphatic carbocycles. The van der Waals surface area contributed by atoms with Crippen LogP contribution in [-0.4, -0.2) is 24.2 Å². The average Bonchev–Trinajstić information content (AvgIpc) is 2.26. The van der Waals surface area contributed by atoms with E-state index in [0.29, 0.717) is 18.2 Å². The van der Waals surface area contributed by atoms with Crippen molar-refractivity contribution in [1.29, 1.82) is 0 Å². The molecule has 0 fully saturated rings. The molecule has 1 aromatic rings. The van der Waals surface area contributed by atoms with Crippen molar-refractivity contribution in [2.45, 2.75) is 19.9 Å². The molecule has 94 valence electrons. The van der Waals surface area contributed by atoms with E-state index in [1.54, 1.807) is 0 Å². The van der Waals surface area contributed by atoms with Crippen molar-refractivity contribution in [3.8, 4) is 0 Å². The van der Waals surface area contributed by atoms with Gasteiger partial charge in [-0.05, 0) is 32.0 Å². The van der Waals surface area contributed by atoms with E-state index in [4.69, 9.17) is 22.7 Å². The van der Waals surface area contributed by atoms with Crippen LogP contribution in [0, 0.1) is 0 Å². The SMILES string of the molecule is CCOCC(C)Nc1cc(Br)ccc1C(N)=S. The summed E-state index contributed by atoms with van der Waals surface area (Å²) < 4.78 is 6.35. The first-order valence-electron chi connectivity index (χ1n) is 5.48. The Kier molecular flexibility index (Phi) is 5.88. The zero-order chi connectivity index (χ0) is 12.8. The van der Waals surface area contributed by atoms with Crippen LogP contribution >= 0.6 is 28.1 Å². The van der Waals surface area contributed by atoms with Crippen molar-refractivity contribution in [2.24, 2.45) is 5.73 Å². The lowest BCUT2D eigenvalue weighted by molar-refractivity contribution is 0.141. The smallest absolute Gasteiger partial charge is 0.106 e. The summed E-state index contributed by atoms with van der Waals surface area (Å²) in [5, 5.41) is 3.34. The van der Waals surface area contributed by atoms with Crippen molar-refractivity contribution >= 4 is 38.8 Å². The molecule has 5 heteroatoms. The van der Waals surface area contributed by atoms with Crippen molar-refractivity contribution in [1.82, 2.24) is 0 Å². The largest absolute Gasteiger partial charge is 0.389 e. The third kappa shape index (κ3) is 4.61. The van der Waals surface area contributed by atoms with Crippen molar-refractivity contribution in [2.75, 3.05) is 18.5 Å². The van der Waals surface area contributed by atoms with Gasteiger partial charge in [0, 0.05) is 28.4 Å². The lowest BCUT2D eigenvalue weighted by atomic mass is 10.1. The Labute approximate surface area is 116 Å². The maximum atomic E-state index is 5.69. The van der Waals surface area contributed by atoms with E-state index >= 15 is 0 Å². The van der Waals surface area contributed by atoms with Gasteiger partial charge in [-0.2, -0.15) is 0 Å². The molecule has 0 spiro atoms. The monoisotopic (exact) mass is 316 g/mol. The lowest BCUT2D eigenvalue weighted by Crippen LogP contribution is -2.24. The second kappa shape index (κ2) is 6.93. The minimum absolute atomic E-state index is 0.206. The number of halogens is 1. The summed E-state index contributed by atoms with van der Waals surface area (Å²) in [6.45, 7) is 5.40. The summed E-state index contributed by atoms with van der Waals surface area (Å²) in [6, 6.07) is 6.00. The molecule has 0 amide bonds. The summed E-state index contributed by atoms with van der Waals surface area (Å²) in [5.41, 5.74) is 7.47. The highest BCUT2D eigenvalue weighted by molar-refractivity contribution is 9.10.